The van der Waals surface area contributed by atoms with Crippen molar-refractivity contribution in [1.29, 1.82) is 5.26 Å². The Labute approximate surface area is 108 Å². The molecule has 0 aliphatic rings. The summed E-state index contributed by atoms with van der Waals surface area (Å²) >= 11 is 5.94. The van der Waals surface area contributed by atoms with Gasteiger partial charge in [-0.15, -0.1) is 0 Å². The molecule has 18 heavy (non-hydrogen) atoms. The number of nitrogen functional groups attached to an aromatic ring is 1. The molecule has 1 heterocycles. The molecule has 0 amide bonds. The van der Waals surface area contributed by atoms with Crippen molar-refractivity contribution in [2.45, 2.75) is 0 Å². The first-order valence-electron chi connectivity index (χ1n) is 4.99. The SMILES string of the molecule is N#Cc1ccc(-c2ccc(F)cc2Cl)nc1NN. The van der Waals surface area contributed by atoms with Crippen LogP contribution in [0.2, 0.25) is 5.02 Å². The Morgan fingerprint density at radius 3 is 2.72 bits per heavy atom. The molecule has 0 aliphatic heterocycles. The van der Waals surface area contributed by atoms with Crippen molar-refractivity contribution >= 4 is 17.4 Å². The molecule has 6 heteroatoms. The number of halogens is 2. The maximum Gasteiger partial charge on any atom is 0.158 e. The highest BCUT2D eigenvalue weighted by Gasteiger charge is 2.09. The number of anilines is 1. The summed E-state index contributed by atoms with van der Waals surface area (Å²) < 4.78 is 12.9. The second-order valence-electron chi connectivity index (χ2n) is 3.47. The first-order valence-corrected chi connectivity index (χ1v) is 5.36. The number of benzene rings is 1. The monoisotopic (exact) mass is 262 g/mol. The Morgan fingerprint density at radius 1 is 1.33 bits per heavy atom. The highest BCUT2D eigenvalue weighted by atomic mass is 35.5. The minimum absolute atomic E-state index is 0.246. The number of nitriles is 1. The van der Waals surface area contributed by atoms with Crippen molar-refractivity contribution in [2.75, 3.05) is 5.43 Å². The van der Waals surface area contributed by atoms with Crippen molar-refractivity contribution in [3.05, 3.63) is 46.7 Å². The number of aromatic nitrogens is 1. The largest absolute Gasteiger partial charge is 0.307 e. The lowest BCUT2D eigenvalue weighted by Crippen LogP contribution is -2.10. The lowest BCUT2D eigenvalue weighted by molar-refractivity contribution is 0.628. The van der Waals surface area contributed by atoms with Gasteiger partial charge in [-0.2, -0.15) is 5.26 Å². The van der Waals surface area contributed by atoms with Crippen LogP contribution in [0.25, 0.3) is 11.3 Å². The van der Waals surface area contributed by atoms with Crippen LogP contribution >= 0.6 is 11.6 Å². The Kier molecular flexibility index (Phi) is 3.42. The van der Waals surface area contributed by atoms with E-state index in [1.165, 1.54) is 18.2 Å². The summed E-state index contributed by atoms with van der Waals surface area (Å²) in [7, 11) is 0. The summed E-state index contributed by atoms with van der Waals surface area (Å²) in [6.45, 7) is 0. The molecule has 0 bridgehead atoms. The van der Waals surface area contributed by atoms with E-state index in [1.54, 1.807) is 12.1 Å². The third-order valence-corrected chi connectivity index (χ3v) is 2.67. The zero-order chi connectivity index (χ0) is 13.1. The molecule has 1 aromatic heterocycles. The molecule has 1 aromatic carbocycles. The van der Waals surface area contributed by atoms with E-state index in [4.69, 9.17) is 22.7 Å². The van der Waals surface area contributed by atoms with Crippen LogP contribution in [0.1, 0.15) is 5.56 Å². The minimum atomic E-state index is -0.422. The number of hydrogen-bond acceptors (Lipinski definition) is 4. The molecule has 0 unspecified atom stereocenters. The van der Waals surface area contributed by atoms with E-state index < -0.39 is 5.82 Å². The van der Waals surface area contributed by atoms with Crippen LogP contribution in [0.15, 0.2) is 30.3 Å². The van der Waals surface area contributed by atoms with Gasteiger partial charge in [-0.3, -0.25) is 0 Å². The van der Waals surface area contributed by atoms with E-state index in [9.17, 15) is 4.39 Å². The summed E-state index contributed by atoms with van der Waals surface area (Å²) in [5.74, 6) is 5.10. The summed E-state index contributed by atoms with van der Waals surface area (Å²) in [5, 5.41) is 9.09. The van der Waals surface area contributed by atoms with E-state index in [0.717, 1.165) is 0 Å². The maximum atomic E-state index is 12.9. The van der Waals surface area contributed by atoms with Gasteiger partial charge < -0.3 is 5.43 Å². The van der Waals surface area contributed by atoms with Gasteiger partial charge in [0.2, 0.25) is 0 Å². The first kappa shape index (κ1) is 12.3. The van der Waals surface area contributed by atoms with E-state index in [0.29, 0.717) is 16.8 Å². The lowest BCUT2D eigenvalue weighted by atomic mass is 10.1. The summed E-state index contributed by atoms with van der Waals surface area (Å²) in [6.07, 6.45) is 0. The number of nitrogens with one attached hydrogen (secondary N) is 1. The normalized spacial score (nSPS) is 9.89. The molecule has 0 atom stereocenters. The zero-order valence-corrected chi connectivity index (χ0v) is 9.87. The van der Waals surface area contributed by atoms with Crippen molar-refractivity contribution < 1.29 is 4.39 Å². The Morgan fingerprint density at radius 2 is 2.11 bits per heavy atom. The minimum Gasteiger partial charge on any atom is -0.307 e. The molecule has 2 rings (SSSR count). The third kappa shape index (κ3) is 2.25. The fourth-order valence-electron chi connectivity index (χ4n) is 1.51. The van der Waals surface area contributed by atoms with Crippen molar-refractivity contribution in [2.24, 2.45) is 5.84 Å². The van der Waals surface area contributed by atoms with Gasteiger partial charge in [0.15, 0.2) is 5.82 Å². The number of hydrogen-bond donors (Lipinski definition) is 2. The van der Waals surface area contributed by atoms with Gasteiger partial charge in [0, 0.05) is 5.56 Å². The van der Waals surface area contributed by atoms with E-state index in [-0.39, 0.29) is 10.8 Å². The molecule has 0 spiro atoms. The molecule has 0 saturated carbocycles. The van der Waals surface area contributed by atoms with Crippen molar-refractivity contribution in [3.8, 4) is 17.3 Å². The van der Waals surface area contributed by atoms with Crippen LogP contribution in [-0.4, -0.2) is 4.98 Å². The van der Waals surface area contributed by atoms with E-state index >= 15 is 0 Å². The van der Waals surface area contributed by atoms with Gasteiger partial charge >= 0.3 is 0 Å². The highest BCUT2D eigenvalue weighted by Crippen LogP contribution is 2.28. The number of pyridine rings is 1. The fraction of sp³-hybridized carbons (Fsp3) is 0. The van der Waals surface area contributed by atoms with Crippen molar-refractivity contribution in [1.82, 2.24) is 4.98 Å². The Hall–Kier alpha value is -2.16. The Bertz CT molecular complexity index is 636. The molecule has 2 aromatic rings. The second kappa shape index (κ2) is 5.00. The second-order valence-corrected chi connectivity index (χ2v) is 3.88. The molecule has 0 fully saturated rings. The van der Waals surface area contributed by atoms with Gasteiger partial charge in [0.1, 0.15) is 11.9 Å². The quantitative estimate of drug-likeness (QED) is 0.645. The molecule has 3 N–H and O–H groups in total. The van der Waals surface area contributed by atoms with E-state index in [1.807, 2.05) is 6.07 Å². The highest BCUT2D eigenvalue weighted by molar-refractivity contribution is 6.33. The van der Waals surface area contributed by atoms with Crippen LogP contribution < -0.4 is 11.3 Å². The van der Waals surface area contributed by atoms with Gasteiger partial charge in [0.05, 0.1) is 16.3 Å². The first-order chi connectivity index (χ1) is 8.65. The van der Waals surface area contributed by atoms with Crippen LogP contribution in [-0.2, 0) is 0 Å². The number of nitrogens with two attached hydrogens (primary N) is 1. The number of hydrazine groups is 1. The van der Waals surface area contributed by atoms with Gasteiger partial charge in [0.25, 0.3) is 0 Å². The molecule has 0 saturated heterocycles. The molecular weight excluding hydrogens is 255 g/mol. The molecule has 4 nitrogen and oxygen atoms in total. The van der Waals surface area contributed by atoms with Crippen LogP contribution in [0, 0.1) is 17.1 Å². The molecule has 0 radical (unpaired) electrons. The standard InChI is InChI=1S/C12H8ClFN4/c13-10-5-8(14)2-3-9(10)11-4-1-7(6-15)12(17-11)18-16/h1-5H,16H2,(H,17,18). The summed E-state index contributed by atoms with van der Waals surface area (Å²) in [4.78, 5) is 4.16. The number of nitrogens with zero attached hydrogens (tertiary/aromatic N) is 2. The van der Waals surface area contributed by atoms with Gasteiger partial charge in [-0.05, 0) is 30.3 Å². The predicted molar refractivity (Wildman–Crippen MR) is 67.2 cm³/mol. The van der Waals surface area contributed by atoms with E-state index in [2.05, 4.69) is 10.4 Å². The average Bonchev–Trinajstić information content (AvgIpc) is 2.38. The van der Waals surface area contributed by atoms with Crippen molar-refractivity contribution in [3.63, 3.8) is 0 Å². The Balaban J connectivity index is 2.55. The summed E-state index contributed by atoms with van der Waals surface area (Å²) in [5.41, 5.74) is 3.73. The van der Waals surface area contributed by atoms with Crippen LogP contribution in [0.5, 0.6) is 0 Å². The zero-order valence-electron chi connectivity index (χ0n) is 9.11. The average molecular weight is 263 g/mol. The fourth-order valence-corrected chi connectivity index (χ4v) is 1.77. The third-order valence-electron chi connectivity index (χ3n) is 2.36. The number of rotatable bonds is 2. The summed E-state index contributed by atoms with van der Waals surface area (Å²) in [6, 6.07) is 9.15. The lowest BCUT2D eigenvalue weighted by Gasteiger charge is -2.07. The molecular formula is C12H8ClFN4. The predicted octanol–water partition coefficient (Wildman–Crippen LogP) is 2.70. The van der Waals surface area contributed by atoms with Gasteiger partial charge in [-0.1, -0.05) is 11.6 Å². The molecule has 0 aliphatic carbocycles. The van der Waals surface area contributed by atoms with Crippen LogP contribution in [0.4, 0.5) is 10.2 Å². The van der Waals surface area contributed by atoms with Gasteiger partial charge in [-0.25, -0.2) is 15.2 Å². The smallest absolute Gasteiger partial charge is 0.158 e. The maximum absolute atomic E-state index is 12.9. The molecule has 90 valence electrons. The van der Waals surface area contributed by atoms with Crippen LogP contribution in [0.3, 0.4) is 0 Å². The topological polar surface area (TPSA) is 74.7 Å².